The molecule has 4 rings (SSSR count). The minimum atomic E-state index is 0.134. The minimum Gasteiger partial charge on any atom is -0.487 e. The Hall–Kier alpha value is -2.05. The fraction of sp³-hybridized carbons (Fsp3) is 0.474. The quantitative estimate of drug-likeness (QED) is 0.824. The smallest absolute Gasteiger partial charge is 0.225 e. The van der Waals surface area contributed by atoms with Gasteiger partial charge in [-0.2, -0.15) is 0 Å². The van der Waals surface area contributed by atoms with Gasteiger partial charge in [0.25, 0.3) is 0 Å². The molecule has 0 unspecified atom stereocenters. The first-order valence-corrected chi connectivity index (χ1v) is 9.42. The minimum absolute atomic E-state index is 0.134. The molecular formula is C19H24ClN5O. The monoisotopic (exact) mass is 373 g/mol. The Morgan fingerprint density at radius 3 is 2.62 bits per heavy atom. The van der Waals surface area contributed by atoms with Gasteiger partial charge in [0.1, 0.15) is 11.9 Å². The maximum Gasteiger partial charge on any atom is 0.225 e. The molecule has 2 aliphatic heterocycles. The Kier molecular flexibility index (Phi) is 4.87. The second kappa shape index (κ2) is 7.29. The number of hydrogen-bond donors (Lipinski definition) is 0. The third kappa shape index (κ3) is 3.71. The molecule has 1 fully saturated rings. The number of piperazine rings is 1. The first kappa shape index (κ1) is 17.4. The van der Waals surface area contributed by atoms with Gasteiger partial charge >= 0.3 is 0 Å². The van der Waals surface area contributed by atoms with Gasteiger partial charge < -0.3 is 19.4 Å². The van der Waals surface area contributed by atoms with Gasteiger partial charge in [0.05, 0.1) is 12.2 Å². The van der Waals surface area contributed by atoms with Gasteiger partial charge in [0.15, 0.2) is 0 Å². The van der Waals surface area contributed by atoms with Crippen LogP contribution in [0.3, 0.4) is 0 Å². The largest absolute Gasteiger partial charge is 0.487 e. The molecule has 3 heterocycles. The summed E-state index contributed by atoms with van der Waals surface area (Å²) in [6, 6.07) is 5.76. The van der Waals surface area contributed by atoms with E-state index in [9.17, 15) is 0 Å². The summed E-state index contributed by atoms with van der Waals surface area (Å²) in [6.07, 6.45) is 4.00. The summed E-state index contributed by atoms with van der Waals surface area (Å²) in [5, 5.41) is 0.716. The number of likely N-dealkylation sites (N-methyl/N-ethyl adjacent to an activating group) is 1. The van der Waals surface area contributed by atoms with Crippen LogP contribution in [-0.4, -0.2) is 60.7 Å². The van der Waals surface area contributed by atoms with E-state index in [0.717, 1.165) is 62.2 Å². The number of aromatic nitrogens is 2. The number of fused-ring (bicyclic) bond motifs is 1. The molecule has 0 radical (unpaired) electrons. The molecule has 1 saturated heterocycles. The second-order valence-corrected chi connectivity index (χ2v) is 7.54. The topological polar surface area (TPSA) is 44.7 Å². The van der Waals surface area contributed by atoms with Crippen LogP contribution in [0.1, 0.15) is 12.5 Å². The highest BCUT2D eigenvalue weighted by Gasteiger charge is 2.24. The van der Waals surface area contributed by atoms with Crippen LogP contribution in [-0.2, 0) is 6.54 Å². The molecule has 0 N–H and O–H groups in total. The molecule has 7 heteroatoms. The fourth-order valence-corrected chi connectivity index (χ4v) is 3.64. The third-order valence-corrected chi connectivity index (χ3v) is 5.15. The standard InChI is InChI=1S/C19H24ClN5O/c1-14-12-25(17-9-16(20)3-4-18(17)26-14)13-15-10-21-19(22-11-15)24-7-5-23(2)6-8-24/h3-4,9-11,14H,5-8,12-13H2,1-2H3/t14-/m0/s1. The van der Waals surface area contributed by atoms with Crippen molar-refractivity contribution in [2.45, 2.75) is 19.6 Å². The SMILES string of the molecule is C[C@H]1CN(Cc2cnc(N3CCN(C)CC3)nc2)c2cc(Cl)ccc2O1. The van der Waals surface area contributed by atoms with Gasteiger partial charge in [-0.05, 0) is 32.2 Å². The molecule has 0 spiro atoms. The van der Waals surface area contributed by atoms with Gasteiger partial charge in [-0.15, -0.1) is 0 Å². The number of nitrogens with zero attached hydrogens (tertiary/aromatic N) is 5. The third-order valence-electron chi connectivity index (χ3n) is 4.92. The number of hydrogen-bond acceptors (Lipinski definition) is 6. The van der Waals surface area contributed by atoms with E-state index in [1.165, 1.54) is 0 Å². The van der Waals surface area contributed by atoms with Crippen molar-refractivity contribution in [1.82, 2.24) is 14.9 Å². The predicted octanol–water partition coefficient (Wildman–Crippen LogP) is 2.67. The van der Waals surface area contributed by atoms with Crippen LogP contribution in [0.4, 0.5) is 11.6 Å². The van der Waals surface area contributed by atoms with Crippen molar-refractivity contribution in [2.75, 3.05) is 49.6 Å². The van der Waals surface area contributed by atoms with Crippen LogP contribution >= 0.6 is 11.6 Å². The summed E-state index contributed by atoms with van der Waals surface area (Å²) in [5.41, 5.74) is 2.11. The zero-order valence-corrected chi connectivity index (χ0v) is 16.0. The normalized spacial score (nSPS) is 20.7. The Labute approximate surface area is 159 Å². The molecule has 138 valence electrons. The molecule has 2 aromatic rings. The van der Waals surface area contributed by atoms with E-state index in [4.69, 9.17) is 16.3 Å². The van der Waals surface area contributed by atoms with E-state index in [2.05, 4.69) is 38.6 Å². The van der Waals surface area contributed by atoms with Gasteiger partial charge in [0.2, 0.25) is 5.95 Å². The van der Waals surface area contributed by atoms with Crippen molar-refractivity contribution in [3.05, 3.63) is 41.2 Å². The van der Waals surface area contributed by atoms with Gasteiger partial charge in [-0.3, -0.25) is 0 Å². The highest BCUT2D eigenvalue weighted by atomic mass is 35.5. The number of rotatable bonds is 3. The fourth-order valence-electron chi connectivity index (χ4n) is 3.47. The van der Waals surface area contributed by atoms with Gasteiger partial charge in [-0.1, -0.05) is 11.6 Å². The van der Waals surface area contributed by atoms with E-state index in [1.807, 2.05) is 30.6 Å². The Balaban J connectivity index is 1.48. The van der Waals surface area contributed by atoms with Crippen molar-refractivity contribution < 1.29 is 4.74 Å². The Morgan fingerprint density at radius 2 is 1.88 bits per heavy atom. The lowest BCUT2D eigenvalue weighted by Crippen LogP contribution is -2.45. The molecule has 0 aliphatic carbocycles. The predicted molar refractivity (Wildman–Crippen MR) is 104 cm³/mol. The summed E-state index contributed by atoms with van der Waals surface area (Å²) in [7, 11) is 2.15. The summed E-state index contributed by atoms with van der Waals surface area (Å²) in [5.74, 6) is 1.70. The number of anilines is 2. The molecule has 1 atom stereocenters. The van der Waals surface area contributed by atoms with Gasteiger partial charge in [-0.25, -0.2) is 9.97 Å². The summed E-state index contributed by atoms with van der Waals surface area (Å²) in [6.45, 7) is 7.68. The molecule has 1 aromatic heterocycles. The van der Waals surface area contributed by atoms with E-state index in [-0.39, 0.29) is 6.10 Å². The zero-order chi connectivity index (χ0) is 18.1. The van der Waals surface area contributed by atoms with Crippen LogP contribution in [0.5, 0.6) is 5.75 Å². The number of benzene rings is 1. The lowest BCUT2D eigenvalue weighted by Gasteiger charge is -2.35. The summed E-state index contributed by atoms with van der Waals surface area (Å²) >= 11 is 6.18. The van der Waals surface area contributed by atoms with Crippen LogP contribution in [0.25, 0.3) is 0 Å². The molecule has 1 aromatic carbocycles. The van der Waals surface area contributed by atoms with Crippen LogP contribution < -0.4 is 14.5 Å². The molecule has 2 aliphatic rings. The number of halogens is 1. The number of ether oxygens (including phenoxy) is 1. The summed E-state index contributed by atoms with van der Waals surface area (Å²) in [4.78, 5) is 16.0. The molecule has 0 bridgehead atoms. The van der Waals surface area contributed by atoms with Crippen molar-refractivity contribution in [2.24, 2.45) is 0 Å². The van der Waals surface area contributed by atoms with E-state index < -0.39 is 0 Å². The average Bonchev–Trinajstić information content (AvgIpc) is 2.64. The lowest BCUT2D eigenvalue weighted by molar-refractivity contribution is 0.212. The van der Waals surface area contributed by atoms with Crippen LogP contribution in [0.15, 0.2) is 30.6 Å². The second-order valence-electron chi connectivity index (χ2n) is 7.10. The van der Waals surface area contributed by atoms with Crippen molar-refractivity contribution in [1.29, 1.82) is 0 Å². The lowest BCUT2D eigenvalue weighted by atomic mass is 10.1. The van der Waals surface area contributed by atoms with Crippen molar-refractivity contribution in [3.8, 4) is 5.75 Å². The first-order valence-electron chi connectivity index (χ1n) is 9.04. The Bertz CT molecular complexity index is 761. The van der Waals surface area contributed by atoms with Crippen LogP contribution in [0.2, 0.25) is 5.02 Å². The molecular weight excluding hydrogens is 350 g/mol. The molecule has 26 heavy (non-hydrogen) atoms. The molecule has 6 nitrogen and oxygen atoms in total. The van der Waals surface area contributed by atoms with Gasteiger partial charge in [0, 0.05) is 55.7 Å². The van der Waals surface area contributed by atoms with Crippen molar-refractivity contribution in [3.63, 3.8) is 0 Å². The van der Waals surface area contributed by atoms with E-state index in [0.29, 0.717) is 5.02 Å². The van der Waals surface area contributed by atoms with Crippen LogP contribution in [0, 0.1) is 0 Å². The van der Waals surface area contributed by atoms with E-state index in [1.54, 1.807) is 0 Å². The molecule has 0 amide bonds. The van der Waals surface area contributed by atoms with Crippen molar-refractivity contribution >= 4 is 23.2 Å². The highest BCUT2D eigenvalue weighted by molar-refractivity contribution is 6.30. The molecule has 0 saturated carbocycles. The maximum atomic E-state index is 6.18. The first-order chi connectivity index (χ1) is 12.6. The maximum absolute atomic E-state index is 6.18. The zero-order valence-electron chi connectivity index (χ0n) is 15.2. The highest BCUT2D eigenvalue weighted by Crippen LogP contribution is 2.36. The average molecular weight is 374 g/mol. The summed E-state index contributed by atoms with van der Waals surface area (Å²) < 4.78 is 5.92. The van der Waals surface area contributed by atoms with E-state index >= 15 is 0 Å². The Morgan fingerprint density at radius 1 is 1.15 bits per heavy atom.